The lowest BCUT2D eigenvalue weighted by Gasteiger charge is -2.23. The average Bonchev–Trinajstić information content (AvgIpc) is 3.11. The summed E-state index contributed by atoms with van der Waals surface area (Å²) in [5.74, 6) is 2.47. The van der Waals surface area contributed by atoms with E-state index in [9.17, 15) is 9.90 Å². The second-order valence-corrected chi connectivity index (χ2v) is 8.56. The fraction of sp³-hybridized carbons (Fsp3) is 0.417. The van der Waals surface area contributed by atoms with Crippen molar-refractivity contribution in [2.45, 2.75) is 39.4 Å². The standard InChI is InChI=1S/C24H30N6O3/c1-16(2)22(26-24(32)19-6-4-5-10-25-19)23-28-27-21-9-11-29(12-13-30(21)23)15-17-7-8-18(31)14-20(17)33-3/h4-8,10,14,16,22,31H,9,11-13,15H2,1-3H3,(H,26,32)/t22-/m1/s1. The molecule has 0 fully saturated rings. The van der Waals surface area contributed by atoms with Crippen LogP contribution in [-0.2, 0) is 19.5 Å². The third kappa shape index (κ3) is 5.14. The fourth-order valence-electron chi connectivity index (χ4n) is 4.12. The number of amides is 1. The number of rotatable bonds is 7. The van der Waals surface area contributed by atoms with E-state index in [4.69, 9.17) is 4.74 Å². The maximum absolute atomic E-state index is 12.8. The van der Waals surface area contributed by atoms with E-state index < -0.39 is 0 Å². The Balaban J connectivity index is 1.49. The van der Waals surface area contributed by atoms with Gasteiger partial charge in [-0.25, -0.2) is 0 Å². The zero-order valence-electron chi connectivity index (χ0n) is 19.2. The van der Waals surface area contributed by atoms with Gasteiger partial charge < -0.3 is 19.7 Å². The van der Waals surface area contributed by atoms with Gasteiger partial charge in [0, 0.05) is 50.4 Å². The number of phenolic OH excluding ortho intramolecular Hbond substituents is 1. The van der Waals surface area contributed by atoms with Crippen LogP contribution in [0.15, 0.2) is 42.6 Å². The minimum Gasteiger partial charge on any atom is -0.508 e. The molecule has 33 heavy (non-hydrogen) atoms. The molecule has 3 heterocycles. The second-order valence-electron chi connectivity index (χ2n) is 8.56. The summed E-state index contributed by atoms with van der Waals surface area (Å²) >= 11 is 0. The molecule has 1 aliphatic heterocycles. The lowest BCUT2D eigenvalue weighted by molar-refractivity contribution is 0.0916. The quantitative estimate of drug-likeness (QED) is 0.570. The Morgan fingerprint density at radius 1 is 1.18 bits per heavy atom. The number of carbonyl (C=O) groups is 1. The van der Waals surface area contributed by atoms with Crippen molar-refractivity contribution in [3.8, 4) is 11.5 Å². The number of benzene rings is 1. The fourth-order valence-corrected chi connectivity index (χ4v) is 4.12. The molecule has 9 nitrogen and oxygen atoms in total. The summed E-state index contributed by atoms with van der Waals surface area (Å²) < 4.78 is 7.57. The number of nitrogens with one attached hydrogen (secondary N) is 1. The van der Waals surface area contributed by atoms with Crippen molar-refractivity contribution >= 4 is 5.91 Å². The van der Waals surface area contributed by atoms with E-state index in [1.54, 1.807) is 43.6 Å². The molecule has 0 unspecified atom stereocenters. The van der Waals surface area contributed by atoms with Crippen LogP contribution in [0.4, 0.5) is 0 Å². The van der Waals surface area contributed by atoms with Gasteiger partial charge in [-0.3, -0.25) is 14.7 Å². The molecule has 2 N–H and O–H groups in total. The van der Waals surface area contributed by atoms with Gasteiger partial charge in [-0.2, -0.15) is 0 Å². The van der Waals surface area contributed by atoms with E-state index in [0.717, 1.165) is 43.3 Å². The van der Waals surface area contributed by atoms with Gasteiger partial charge in [0.05, 0.1) is 13.2 Å². The van der Waals surface area contributed by atoms with Crippen molar-refractivity contribution in [2.24, 2.45) is 5.92 Å². The Bertz CT molecular complexity index is 1100. The van der Waals surface area contributed by atoms with Gasteiger partial charge >= 0.3 is 0 Å². The SMILES string of the molecule is COc1cc(O)ccc1CN1CCc2nnc([C@H](NC(=O)c3ccccn3)C(C)C)n2CC1. The van der Waals surface area contributed by atoms with Crippen molar-refractivity contribution in [1.82, 2.24) is 30.0 Å². The van der Waals surface area contributed by atoms with Gasteiger partial charge in [0.1, 0.15) is 23.0 Å². The first-order valence-corrected chi connectivity index (χ1v) is 11.2. The van der Waals surface area contributed by atoms with Crippen molar-refractivity contribution in [2.75, 3.05) is 20.2 Å². The number of nitrogens with zero attached hydrogens (tertiary/aromatic N) is 5. The molecule has 3 aromatic rings. The van der Waals surface area contributed by atoms with Crippen LogP contribution in [0.5, 0.6) is 11.5 Å². The Kier molecular flexibility index (Phi) is 6.88. The highest BCUT2D eigenvalue weighted by Gasteiger charge is 2.28. The Morgan fingerprint density at radius 3 is 2.76 bits per heavy atom. The van der Waals surface area contributed by atoms with Gasteiger partial charge in [0.25, 0.3) is 5.91 Å². The number of hydrogen-bond acceptors (Lipinski definition) is 7. The minimum absolute atomic E-state index is 0.131. The molecule has 0 bridgehead atoms. The molecular weight excluding hydrogens is 420 g/mol. The Morgan fingerprint density at radius 2 is 2.03 bits per heavy atom. The number of aromatic nitrogens is 4. The van der Waals surface area contributed by atoms with Crippen LogP contribution >= 0.6 is 0 Å². The zero-order chi connectivity index (χ0) is 23.4. The molecule has 0 aliphatic carbocycles. The van der Waals surface area contributed by atoms with Crippen LogP contribution in [0.2, 0.25) is 0 Å². The summed E-state index contributed by atoms with van der Waals surface area (Å²) in [5.41, 5.74) is 1.41. The third-order valence-corrected chi connectivity index (χ3v) is 5.94. The third-order valence-electron chi connectivity index (χ3n) is 5.94. The van der Waals surface area contributed by atoms with Crippen molar-refractivity contribution in [3.63, 3.8) is 0 Å². The molecule has 0 radical (unpaired) electrons. The lowest BCUT2D eigenvalue weighted by Crippen LogP contribution is -2.34. The molecule has 9 heteroatoms. The second kappa shape index (κ2) is 9.99. The van der Waals surface area contributed by atoms with E-state index >= 15 is 0 Å². The monoisotopic (exact) mass is 450 g/mol. The van der Waals surface area contributed by atoms with Crippen molar-refractivity contribution < 1.29 is 14.6 Å². The molecule has 174 valence electrons. The molecule has 0 saturated heterocycles. The first kappa shape index (κ1) is 22.7. The topological polar surface area (TPSA) is 105 Å². The smallest absolute Gasteiger partial charge is 0.270 e. The van der Waals surface area contributed by atoms with Gasteiger partial charge in [0.15, 0.2) is 5.82 Å². The van der Waals surface area contributed by atoms with Gasteiger partial charge in [-0.1, -0.05) is 26.0 Å². The van der Waals surface area contributed by atoms with Crippen molar-refractivity contribution in [3.05, 3.63) is 65.5 Å². The number of pyridine rings is 1. The molecule has 1 amide bonds. The molecule has 0 saturated carbocycles. The van der Waals surface area contributed by atoms with Gasteiger partial charge in [-0.05, 0) is 24.1 Å². The molecule has 1 aromatic carbocycles. The summed E-state index contributed by atoms with van der Waals surface area (Å²) in [6.07, 6.45) is 2.37. The lowest BCUT2D eigenvalue weighted by atomic mass is 10.0. The van der Waals surface area contributed by atoms with Crippen LogP contribution in [0.1, 0.15) is 47.6 Å². The van der Waals surface area contributed by atoms with Crippen LogP contribution in [0.25, 0.3) is 0 Å². The maximum atomic E-state index is 12.8. The molecule has 4 rings (SSSR count). The number of fused-ring (bicyclic) bond motifs is 1. The highest BCUT2D eigenvalue weighted by Crippen LogP contribution is 2.27. The van der Waals surface area contributed by atoms with Crippen LogP contribution < -0.4 is 10.1 Å². The van der Waals surface area contributed by atoms with Crippen LogP contribution in [0, 0.1) is 5.92 Å². The summed E-state index contributed by atoms with van der Waals surface area (Å²) in [6, 6.07) is 10.2. The molecule has 1 aliphatic rings. The number of hydrogen-bond donors (Lipinski definition) is 2. The van der Waals surface area contributed by atoms with E-state index in [2.05, 4.69) is 43.8 Å². The van der Waals surface area contributed by atoms with Gasteiger partial charge in [0.2, 0.25) is 0 Å². The Hall–Kier alpha value is -3.46. The molecular formula is C24H30N6O3. The zero-order valence-corrected chi connectivity index (χ0v) is 19.2. The maximum Gasteiger partial charge on any atom is 0.270 e. The normalized spacial score (nSPS) is 15.0. The highest BCUT2D eigenvalue weighted by molar-refractivity contribution is 5.92. The summed E-state index contributed by atoms with van der Waals surface area (Å²) in [5, 5.41) is 21.7. The predicted molar refractivity (Wildman–Crippen MR) is 123 cm³/mol. The largest absolute Gasteiger partial charge is 0.508 e. The van der Waals surface area contributed by atoms with Crippen LogP contribution in [-0.4, -0.2) is 55.9 Å². The van der Waals surface area contributed by atoms with Crippen molar-refractivity contribution in [1.29, 1.82) is 0 Å². The van der Waals surface area contributed by atoms with E-state index in [1.165, 1.54) is 0 Å². The number of carbonyl (C=O) groups excluding carboxylic acids is 1. The summed E-state index contributed by atoms with van der Waals surface area (Å²) in [7, 11) is 1.61. The predicted octanol–water partition coefficient (Wildman–Crippen LogP) is 2.57. The van der Waals surface area contributed by atoms with Gasteiger partial charge in [-0.15, -0.1) is 10.2 Å². The van der Waals surface area contributed by atoms with E-state index in [-0.39, 0.29) is 23.6 Å². The number of phenols is 1. The molecule has 2 aromatic heterocycles. The number of aromatic hydroxyl groups is 1. The first-order chi connectivity index (χ1) is 16.0. The van der Waals surface area contributed by atoms with E-state index in [0.29, 0.717) is 18.0 Å². The highest BCUT2D eigenvalue weighted by atomic mass is 16.5. The number of methoxy groups -OCH3 is 1. The summed E-state index contributed by atoms with van der Waals surface area (Å²) in [6.45, 7) is 7.19. The van der Waals surface area contributed by atoms with Crippen LogP contribution in [0.3, 0.4) is 0 Å². The first-order valence-electron chi connectivity index (χ1n) is 11.2. The number of ether oxygens (including phenoxy) is 1. The Labute approximate surface area is 193 Å². The molecule has 1 atom stereocenters. The summed E-state index contributed by atoms with van der Waals surface area (Å²) in [4.78, 5) is 19.3. The molecule has 0 spiro atoms. The minimum atomic E-state index is -0.274. The van der Waals surface area contributed by atoms with E-state index in [1.807, 2.05) is 6.07 Å². The average molecular weight is 451 g/mol.